The fraction of sp³-hybridized carbons (Fsp3) is 0.700. The van der Waals surface area contributed by atoms with Gasteiger partial charge in [-0.1, -0.05) is 38.2 Å². The molecular formula is C20H31N3O2S. The summed E-state index contributed by atoms with van der Waals surface area (Å²) in [6, 6.07) is 3.81. The van der Waals surface area contributed by atoms with Crippen LogP contribution in [-0.2, 0) is 4.79 Å². The SMILES string of the molecule is O=C(CCC1CCCCC1)NCCN1CCN(C(=O)c2cccs2)CC1. The van der Waals surface area contributed by atoms with E-state index in [0.717, 1.165) is 49.9 Å². The normalized spacial score (nSPS) is 19.5. The summed E-state index contributed by atoms with van der Waals surface area (Å²) in [5, 5.41) is 5.01. The number of hydrogen-bond donors (Lipinski definition) is 1. The number of piperazine rings is 1. The first-order chi connectivity index (χ1) is 12.7. The monoisotopic (exact) mass is 377 g/mol. The molecule has 0 unspecified atom stereocenters. The molecule has 0 atom stereocenters. The van der Waals surface area contributed by atoms with Gasteiger partial charge in [-0.2, -0.15) is 0 Å². The van der Waals surface area contributed by atoms with Gasteiger partial charge in [0, 0.05) is 45.7 Å². The molecule has 0 aromatic carbocycles. The number of carbonyl (C=O) groups excluding carboxylic acids is 2. The van der Waals surface area contributed by atoms with E-state index in [4.69, 9.17) is 0 Å². The molecule has 2 heterocycles. The molecule has 5 nitrogen and oxygen atoms in total. The Morgan fingerprint density at radius 1 is 1.12 bits per heavy atom. The highest BCUT2D eigenvalue weighted by Gasteiger charge is 2.22. The van der Waals surface area contributed by atoms with Gasteiger partial charge in [0.1, 0.15) is 0 Å². The summed E-state index contributed by atoms with van der Waals surface area (Å²) in [6.07, 6.45) is 8.39. The van der Waals surface area contributed by atoms with Crippen LogP contribution in [0.5, 0.6) is 0 Å². The van der Waals surface area contributed by atoms with Gasteiger partial charge in [0.05, 0.1) is 4.88 Å². The van der Waals surface area contributed by atoms with Gasteiger partial charge in [0.2, 0.25) is 5.91 Å². The number of nitrogens with zero attached hydrogens (tertiary/aromatic N) is 2. The van der Waals surface area contributed by atoms with Crippen LogP contribution < -0.4 is 5.32 Å². The lowest BCUT2D eigenvalue weighted by molar-refractivity contribution is -0.121. The van der Waals surface area contributed by atoms with Crippen LogP contribution >= 0.6 is 11.3 Å². The molecule has 1 aromatic heterocycles. The first kappa shape index (κ1) is 19.4. The number of thiophene rings is 1. The summed E-state index contributed by atoms with van der Waals surface area (Å²) in [7, 11) is 0. The van der Waals surface area contributed by atoms with E-state index in [2.05, 4.69) is 10.2 Å². The van der Waals surface area contributed by atoms with Crippen molar-refractivity contribution in [3.8, 4) is 0 Å². The third-order valence-corrected chi connectivity index (χ3v) is 6.50. The topological polar surface area (TPSA) is 52.7 Å². The first-order valence-electron chi connectivity index (χ1n) is 10.0. The molecule has 1 aliphatic heterocycles. The van der Waals surface area contributed by atoms with Crippen molar-refractivity contribution in [1.29, 1.82) is 0 Å². The van der Waals surface area contributed by atoms with Crippen LogP contribution in [0.2, 0.25) is 0 Å². The minimum absolute atomic E-state index is 0.149. The van der Waals surface area contributed by atoms with Crippen molar-refractivity contribution in [3.63, 3.8) is 0 Å². The molecule has 26 heavy (non-hydrogen) atoms. The van der Waals surface area contributed by atoms with Gasteiger partial charge in [-0.3, -0.25) is 14.5 Å². The van der Waals surface area contributed by atoms with Crippen molar-refractivity contribution in [1.82, 2.24) is 15.1 Å². The summed E-state index contributed by atoms with van der Waals surface area (Å²) >= 11 is 1.50. The van der Waals surface area contributed by atoms with Crippen LogP contribution in [0.15, 0.2) is 17.5 Å². The lowest BCUT2D eigenvalue weighted by Crippen LogP contribution is -2.50. The van der Waals surface area contributed by atoms with E-state index in [1.165, 1.54) is 43.4 Å². The third-order valence-electron chi connectivity index (χ3n) is 5.65. The molecular weight excluding hydrogens is 346 g/mol. The molecule has 144 valence electrons. The van der Waals surface area contributed by atoms with Crippen LogP contribution in [0.25, 0.3) is 0 Å². The molecule has 0 bridgehead atoms. The maximum absolute atomic E-state index is 12.3. The minimum Gasteiger partial charge on any atom is -0.355 e. The summed E-state index contributed by atoms with van der Waals surface area (Å²) < 4.78 is 0. The number of hydrogen-bond acceptors (Lipinski definition) is 4. The molecule has 1 aliphatic carbocycles. The number of rotatable bonds is 7. The zero-order chi connectivity index (χ0) is 18.2. The Balaban J connectivity index is 1.26. The molecule has 2 amide bonds. The predicted molar refractivity (Wildman–Crippen MR) is 105 cm³/mol. The van der Waals surface area contributed by atoms with Crippen LogP contribution in [-0.4, -0.2) is 60.9 Å². The van der Waals surface area contributed by atoms with Crippen molar-refractivity contribution in [2.75, 3.05) is 39.3 Å². The maximum atomic E-state index is 12.3. The van der Waals surface area contributed by atoms with Crippen LogP contribution in [0.4, 0.5) is 0 Å². The van der Waals surface area contributed by atoms with Crippen LogP contribution in [0.1, 0.15) is 54.6 Å². The minimum atomic E-state index is 0.149. The van der Waals surface area contributed by atoms with E-state index in [0.29, 0.717) is 13.0 Å². The quantitative estimate of drug-likeness (QED) is 0.795. The standard InChI is InChI=1S/C20H31N3O2S/c24-19(9-8-17-5-2-1-3-6-17)21-10-11-22-12-14-23(15-13-22)20(25)18-7-4-16-26-18/h4,7,16-17H,1-3,5-6,8-15H2,(H,21,24). The second-order valence-electron chi connectivity index (χ2n) is 7.50. The summed E-state index contributed by atoms with van der Waals surface area (Å²) in [4.78, 5) is 29.4. The Kier molecular flexibility index (Phi) is 7.50. The van der Waals surface area contributed by atoms with E-state index in [1.807, 2.05) is 22.4 Å². The molecule has 3 rings (SSSR count). The molecule has 0 radical (unpaired) electrons. The average Bonchev–Trinajstić information content (AvgIpc) is 3.22. The van der Waals surface area contributed by atoms with Crippen molar-refractivity contribution in [2.24, 2.45) is 5.92 Å². The van der Waals surface area contributed by atoms with Gasteiger partial charge >= 0.3 is 0 Å². The van der Waals surface area contributed by atoms with E-state index in [9.17, 15) is 9.59 Å². The Morgan fingerprint density at radius 2 is 1.88 bits per heavy atom. The zero-order valence-corrected chi connectivity index (χ0v) is 16.4. The van der Waals surface area contributed by atoms with Crippen LogP contribution in [0, 0.1) is 5.92 Å². The fourth-order valence-corrected chi connectivity index (χ4v) is 4.67. The second-order valence-corrected chi connectivity index (χ2v) is 8.45. The summed E-state index contributed by atoms with van der Waals surface area (Å²) in [5.74, 6) is 1.11. The van der Waals surface area contributed by atoms with E-state index >= 15 is 0 Å². The Hall–Kier alpha value is -1.40. The Bertz CT molecular complexity index is 562. The molecule has 1 saturated heterocycles. The first-order valence-corrected chi connectivity index (χ1v) is 10.9. The van der Waals surface area contributed by atoms with Gasteiger partial charge in [-0.05, 0) is 23.8 Å². The fourth-order valence-electron chi connectivity index (χ4n) is 3.98. The smallest absolute Gasteiger partial charge is 0.264 e. The highest BCUT2D eigenvalue weighted by Crippen LogP contribution is 2.27. The number of carbonyl (C=O) groups is 2. The van der Waals surface area contributed by atoms with Crippen molar-refractivity contribution in [3.05, 3.63) is 22.4 Å². The third kappa shape index (κ3) is 5.81. The Labute approximate surface area is 160 Å². The highest BCUT2D eigenvalue weighted by atomic mass is 32.1. The van der Waals surface area contributed by atoms with Crippen molar-refractivity contribution >= 4 is 23.2 Å². The van der Waals surface area contributed by atoms with Crippen molar-refractivity contribution in [2.45, 2.75) is 44.9 Å². The van der Waals surface area contributed by atoms with E-state index in [-0.39, 0.29) is 11.8 Å². The maximum Gasteiger partial charge on any atom is 0.264 e. The molecule has 1 aromatic rings. The lowest BCUT2D eigenvalue weighted by Gasteiger charge is -2.34. The largest absolute Gasteiger partial charge is 0.355 e. The Morgan fingerprint density at radius 3 is 2.58 bits per heavy atom. The lowest BCUT2D eigenvalue weighted by atomic mass is 9.86. The van der Waals surface area contributed by atoms with E-state index in [1.54, 1.807) is 0 Å². The van der Waals surface area contributed by atoms with Gasteiger partial charge in [-0.25, -0.2) is 0 Å². The average molecular weight is 378 g/mol. The molecule has 1 saturated carbocycles. The molecule has 6 heteroatoms. The molecule has 0 spiro atoms. The van der Waals surface area contributed by atoms with Gasteiger partial charge in [-0.15, -0.1) is 11.3 Å². The molecule has 1 N–H and O–H groups in total. The van der Waals surface area contributed by atoms with Gasteiger partial charge in [0.25, 0.3) is 5.91 Å². The number of nitrogens with one attached hydrogen (secondary N) is 1. The van der Waals surface area contributed by atoms with E-state index < -0.39 is 0 Å². The predicted octanol–water partition coefficient (Wildman–Crippen LogP) is 2.98. The van der Waals surface area contributed by atoms with Crippen molar-refractivity contribution < 1.29 is 9.59 Å². The van der Waals surface area contributed by atoms with Crippen LogP contribution in [0.3, 0.4) is 0 Å². The van der Waals surface area contributed by atoms with Gasteiger partial charge in [0.15, 0.2) is 0 Å². The summed E-state index contributed by atoms with van der Waals surface area (Å²) in [5.41, 5.74) is 0. The summed E-state index contributed by atoms with van der Waals surface area (Å²) in [6.45, 7) is 4.89. The zero-order valence-electron chi connectivity index (χ0n) is 15.6. The number of amides is 2. The second kappa shape index (κ2) is 10.1. The highest BCUT2D eigenvalue weighted by molar-refractivity contribution is 7.12. The molecule has 2 aliphatic rings. The van der Waals surface area contributed by atoms with Gasteiger partial charge < -0.3 is 10.2 Å². The molecule has 2 fully saturated rings.